The molecule has 0 saturated carbocycles. The molecular formula is C16H14O7. The molecule has 0 spiro atoms. The second-order valence-corrected chi connectivity index (χ2v) is 4.45. The van der Waals surface area contributed by atoms with Crippen LogP contribution in [0.5, 0.6) is 23.0 Å². The van der Waals surface area contributed by atoms with Crippen LogP contribution < -0.4 is 14.2 Å². The number of carboxylic acids is 1. The van der Waals surface area contributed by atoms with Gasteiger partial charge in [0.25, 0.3) is 0 Å². The van der Waals surface area contributed by atoms with Crippen molar-refractivity contribution in [1.29, 1.82) is 0 Å². The number of benzene rings is 2. The van der Waals surface area contributed by atoms with Gasteiger partial charge in [0, 0.05) is 0 Å². The van der Waals surface area contributed by atoms with E-state index in [1.807, 2.05) is 0 Å². The van der Waals surface area contributed by atoms with E-state index in [4.69, 9.17) is 19.3 Å². The van der Waals surface area contributed by atoms with Gasteiger partial charge in [0.1, 0.15) is 5.75 Å². The number of carbonyl (C=O) groups excluding carboxylic acids is 1. The number of carboxylic acid groups (broad SMARTS) is 1. The van der Waals surface area contributed by atoms with Crippen LogP contribution in [0.15, 0.2) is 36.4 Å². The SMILES string of the molecule is COc1cc(C(=O)O)cc(OC)c1OC(=O)c1ccc(O)cc1. The first-order valence-electron chi connectivity index (χ1n) is 6.46. The van der Waals surface area contributed by atoms with Crippen molar-refractivity contribution >= 4 is 11.9 Å². The van der Waals surface area contributed by atoms with Gasteiger partial charge in [0.05, 0.1) is 25.3 Å². The topological polar surface area (TPSA) is 102 Å². The van der Waals surface area contributed by atoms with Gasteiger partial charge >= 0.3 is 11.9 Å². The lowest BCUT2D eigenvalue weighted by Gasteiger charge is -2.14. The monoisotopic (exact) mass is 318 g/mol. The van der Waals surface area contributed by atoms with Gasteiger partial charge in [-0.25, -0.2) is 9.59 Å². The maximum absolute atomic E-state index is 12.1. The van der Waals surface area contributed by atoms with Crippen LogP contribution in [-0.4, -0.2) is 36.4 Å². The molecule has 0 atom stereocenters. The fourth-order valence-corrected chi connectivity index (χ4v) is 1.85. The molecule has 2 N–H and O–H groups in total. The maximum atomic E-state index is 12.1. The summed E-state index contributed by atoms with van der Waals surface area (Å²) >= 11 is 0. The van der Waals surface area contributed by atoms with Crippen LogP contribution in [0.4, 0.5) is 0 Å². The molecule has 2 rings (SSSR count). The van der Waals surface area contributed by atoms with E-state index in [0.717, 1.165) is 0 Å². The highest BCUT2D eigenvalue weighted by Crippen LogP contribution is 2.39. The van der Waals surface area contributed by atoms with Gasteiger partial charge in [-0.1, -0.05) is 0 Å². The number of hydrogen-bond donors (Lipinski definition) is 2. The van der Waals surface area contributed by atoms with Crippen molar-refractivity contribution in [2.24, 2.45) is 0 Å². The second kappa shape index (κ2) is 6.69. The molecule has 0 saturated heterocycles. The van der Waals surface area contributed by atoms with Crippen molar-refractivity contribution in [3.05, 3.63) is 47.5 Å². The molecule has 0 unspecified atom stereocenters. The molecule has 0 fully saturated rings. The summed E-state index contributed by atoms with van der Waals surface area (Å²) in [6, 6.07) is 7.93. The van der Waals surface area contributed by atoms with E-state index in [0.29, 0.717) is 0 Å². The van der Waals surface area contributed by atoms with Crippen molar-refractivity contribution in [3.63, 3.8) is 0 Å². The van der Waals surface area contributed by atoms with Gasteiger partial charge in [-0.2, -0.15) is 0 Å². The Labute approximate surface area is 131 Å². The van der Waals surface area contributed by atoms with E-state index in [1.165, 1.54) is 50.6 Å². The third-order valence-electron chi connectivity index (χ3n) is 3.01. The van der Waals surface area contributed by atoms with Gasteiger partial charge in [0.15, 0.2) is 11.5 Å². The Morgan fingerprint density at radius 3 is 1.87 bits per heavy atom. The molecule has 120 valence electrons. The van der Waals surface area contributed by atoms with Crippen molar-refractivity contribution in [3.8, 4) is 23.0 Å². The fourth-order valence-electron chi connectivity index (χ4n) is 1.85. The third-order valence-corrected chi connectivity index (χ3v) is 3.01. The number of phenolic OH excluding ortho intramolecular Hbond substituents is 1. The predicted octanol–water partition coefficient (Wildman–Crippen LogP) is 2.33. The molecule has 7 nitrogen and oxygen atoms in total. The average molecular weight is 318 g/mol. The van der Waals surface area contributed by atoms with Crippen LogP contribution in [0, 0.1) is 0 Å². The summed E-state index contributed by atoms with van der Waals surface area (Å²) in [7, 11) is 2.64. The van der Waals surface area contributed by atoms with Gasteiger partial charge in [0.2, 0.25) is 5.75 Å². The predicted molar refractivity (Wildman–Crippen MR) is 79.6 cm³/mol. The highest BCUT2D eigenvalue weighted by molar-refractivity contribution is 5.93. The number of hydrogen-bond acceptors (Lipinski definition) is 6. The molecule has 0 aliphatic carbocycles. The van der Waals surface area contributed by atoms with Crippen LogP contribution in [0.2, 0.25) is 0 Å². The molecule has 2 aromatic carbocycles. The summed E-state index contributed by atoms with van der Waals surface area (Å²) < 4.78 is 15.4. The van der Waals surface area contributed by atoms with Crippen LogP contribution in [0.3, 0.4) is 0 Å². The largest absolute Gasteiger partial charge is 0.508 e. The van der Waals surface area contributed by atoms with Crippen LogP contribution in [-0.2, 0) is 0 Å². The number of methoxy groups -OCH3 is 2. The lowest BCUT2D eigenvalue weighted by atomic mass is 10.1. The summed E-state index contributed by atoms with van der Waals surface area (Å²) in [5.41, 5.74) is 0.136. The Morgan fingerprint density at radius 1 is 0.913 bits per heavy atom. The van der Waals surface area contributed by atoms with Crippen molar-refractivity contribution in [2.75, 3.05) is 14.2 Å². The first-order valence-corrected chi connectivity index (χ1v) is 6.46. The smallest absolute Gasteiger partial charge is 0.343 e. The summed E-state index contributed by atoms with van der Waals surface area (Å²) in [6.07, 6.45) is 0. The zero-order valence-electron chi connectivity index (χ0n) is 12.4. The number of aromatic carboxylic acids is 1. The van der Waals surface area contributed by atoms with Crippen molar-refractivity contribution in [1.82, 2.24) is 0 Å². The first kappa shape index (κ1) is 16.2. The second-order valence-electron chi connectivity index (χ2n) is 4.45. The minimum atomic E-state index is -1.17. The molecule has 2 aromatic rings. The number of carbonyl (C=O) groups is 2. The number of phenols is 1. The Bertz CT molecular complexity index is 710. The number of esters is 1. The van der Waals surface area contributed by atoms with E-state index < -0.39 is 11.9 Å². The highest BCUT2D eigenvalue weighted by atomic mass is 16.6. The molecule has 0 amide bonds. The zero-order valence-corrected chi connectivity index (χ0v) is 12.4. The Balaban J connectivity index is 2.39. The van der Waals surface area contributed by atoms with Gasteiger partial charge in [-0.15, -0.1) is 0 Å². The number of aromatic hydroxyl groups is 1. The Morgan fingerprint density at radius 2 is 1.43 bits per heavy atom. The van der Waals surface area contributed by atoms with E-state index >= 15 is 0 Å². The summed E-state index contributed by atoms with van der Waals surface area (Å²) in [4.78, 5) is 23.2. The van der Waals surface area contributed by atoms with E-state index in [9.17, 15) is 14.7 Å². The average Bonchev–Trinajstić information content (AvgIpc) is 2.55. The van der Waals surface area contributed by atoms with Crippen molar-refractivity contribution in [2.45, 2.75) is 0 Å². The quantitative estimate of drug-likeness (QED) is 0.644. The standard InChI is InChI=1S/C16H14O7/c1-21-12-7-10(15(18)19)8-13(22-2)14(12)23-16(20)9-3-5-11(17)6-4-9/h3-8,17H,1-2H3,(H,18,19). The van der Waals surface area contributed by atoms with Crippen LogP contribution in [0.25, 0.3) is 0 Å². The molecule has 0 bridgehead atoms. The minimum Gasteiger partial charge on any atom is -0.508 e. The molecule has 0 radical (unpaired) electrons. The molecule has 0 aromatic heterocycles. The number of ether oxygens (including phenoxy) is 3. The van der Waals surface area contributed by atoms with Gasteiger partial charge in [-0.3, -0.25) is 0 Å². The highest BCUT2D eigenvalue weighted by Gasteiger charge is 2.20. The summed E-state index contributed by atoms with van der Waals surface area (Å²) in [5.74, 6) is -1.79. The molecular weight excluding hydrogens is 304 g/mol. The molecule has 23 heavy (non-hydrogen) atoms. The van der Waals surface area contributed by atoms with Gasteiger partial charge < -0.3 is 24.4 Å². The maximum Gasteiger partial charge on any atom is 0.343 e. The Hall–Kier alpha value is -3.22. The van der Waals surface area contributed by atoms with Crippen molar-refractivity contribution < 1.29 is 34.0 Å². The third kappa shape index (κ3) is 3.52. The lowest BCUT2D eigenvalue weighted by Crippen LogP contribution is -2.11. The minimum absolute atomic E-state index is 0.0162. The number of rotatable bonds is 5. The summed E-state index contributed by atoms with van der Waals surface area (Å²) in [6.45, 7) is 0. The fraction of sp³-hybridized carbons (Fsp3) is 0.125. The summed E-state index contributed by atoms with van der Waals surface area (Å²) in [5, 5.41) is 18.3. The zero-order chi connectivity index (χ0) is 17.0. The molecule has 0 aliphatic heterocycles. The van der Waals surface area contributed by atoms with E-state index in [1.54, 1.807) is 0 Å². The van der Waals surface area contributed by atoms with E-state index in [2.05, 4.69) is 0 Å². The van der Waals surface area contributed by atoms with Gasteiger partial charge in [-0.05, 0) is 36.4 Å². The van der Waals surface area contributed by atoms with Crippen LogP contribution >= 0.6 is 0 Å². The molecule has 0 aliphatic rings. The molecule has 0 heterocycles. The normalized spacial score (nSPS) is 10.0. The van der Waals surface area contributed by atoms with E-state index in [-0.39, 0.29) is 34.1 Å². The molecule has 7 heteroatoms. The first-order chi connectivity index (χ1) is 11.0. The lowest BCUT2D eigenvalue weighted by molar-refractivity contribution is 0.0696. The van der Waals surface area contributed by atoms with Crippen LogP contribution in [0.1, 0.15) is 20.7 Å². The Kier molecular flexibility index (Phi) is 4.70.